The van der Waals surface area contributed by atoms with Gasteiger partial charge in [0.25, 0.3) is 0 Å². The zero-order valence-corrected chi connectivity index (χ0v) is 26.6. The van der Waals surface area contributed by atoms with Crippen LogP contribution >= 0.6 is 0 Å². The Kier molecular flexibility index (Phi) is 9.24. The molecule has 12 nitrogen and oxygen atoms in total. The third-order valence-electron chi connectivity index (χ3n) is 9.69. The lowest BCUT2D eigenvalue weighted by Crippen LogP contribution is -2.43. The van der Waals surface area contributed by atoms with E-state index in [1.807, 2.05) is 40.1 Å². The first kappa shape index (κ1) is 32.1. The summed E-state index contributed by atoms with van der Waals surface area (Å²) in [6.45, 7) is 4.30. The monoisotopic (exact) mass is 639 g/mol. The molecule has 2 aromatic rings. The van der Waals surface area contributed by atoms with Crippen LogP contribution in [-0.4, -0.2) is 98.8 Å². The third-order valence-corrected chi connectivity index (χ3v) is 9.69. The zero-order chi connectivity index (χ0) is 33.1. The van der Waals surface area contributed by atoms with Crippen molar-refractivity contribution in [2.45, 2.75) is 25.7 Å². The van der Waals surface area contributed by atoms with Crippen LogP contribution in [0.2, 0.25) is 0 Å². The van der Waals surface area contributed by atoms with Gasteiger partial charge in [-0.2, -0.15) is 0 Å². The average molecular weight is 640 g/mol. The quantitative estimate of drug-likeness (QED) is 0.205. The van der Waals surface area contributed by atoms with Gasteiger partial charge in [0.15, 0.2) is 0 Å². The maximum atomic E-state index is 13.9. The van der Waals surface area contributed by atoms with Crippen LogP contribution in [-0.2, 0) is 19.1 Å². The molecular formula is C35H41N7O5. The van der Waals surface area contributed by atoms with Gasteiger partial charge in [-0.15, -0.1) is 0 Å². The topological polar surface area (TPSA) is 165 Å². The maximum Gasteiger partial charge on any atom is 0.413 e. The molecule has 0 saturated carbocycles. The van der Waals surface area contributed by atoms with Crippen LogP contribution in [0.5, 0.6) is 0 Å². The predicted octanol–water partition coefficient (Wildman–Crippen LogP) is 3.41. The number of benzene rings is 2. The minimum absolute atomic E-state index is 0.0545. The first-order valence-corrected chi connectivity index (χ1v) is 16.0. The maximum absolute atomic E-state index is 13.9. The van der Waals surface area contributed by atoms with Gasteiger partial charge >= 0.3 is 6.09 Å². The van der Waals surface area contributed by atoms with Crippen molar-refractivity contribution in [3.8, 4) is 0 Å². The Morgan fingerprint density at radius 3 is 2.53 bits per heavy atom. The first-order valence-electron chi connectivity index (χ1n) is 16.0. The summed E-state index contributed by atoms with van der Waals surface area (Å²) in [5.41, 5.74) is 11.6. The van der Waals surface area contributed by atoms with Crippen molar-refractivity contribution >= 4 is 46.5 Å². The van der Waals surface area contributed by atoms with Crippen LogP contribution in [0.1, 0.15) is 42.4 Å². The van der Waals surface area contributed by atoms with E-state index in [0.717, 1.165) is 28.8 Å². The lowest BCUT2D eigenvalue weighted by molar-refractivity contribution is -0.132. The van der Waals surface area contributed by atoms with Gasteiger partial charge in [-0.05, 0) is 79.3 Å². The van der Waals surface area contributed by atoms with Crippen molar-refractivity contribution in [2.24, 2.45) is 5.41 Å². The first-order chi connectivity index (χ1) is 22.7. The van der Waals surface area contributed by atoms with Crippen molar-refractivity contribution in [2.75, 3.05) is 70.2 Å². The Hall–Kier alpha value is -4.81. The van der Waals surface area contributed by atoms with E-state index in [9.17, 15) is 14.4 Å². The molecule has 6 rings (SSSR count). The molecule has 4 aliphatic rings. The van der Waals surface area contributed by atoms with Gasteiger partial charge in [0.05, 0.1) is 30.9 Å². The Morgan fingerprint density at radius 1 is 1.04 bits per heavy atom. The van der Waals surface area contributed by atoms with E-state index in [1.165, 1.54) is 7.05 Å². The molecule has 0 aromatic heterocycles. The van der Waals surface area contributed by atoms with Crippen LogP contribution in [0.15, 0.2) is 60.2 Å². The minimum Gasteiger partial charge on any atom is -0.398 e. The third kappa shape index (κ3) is 6.70. The molecule has 47 heavy (non-hydrogen) atoms. The van der Waals surface area contributed by atoms with E-state index in [4.69, 9.17) is 26.0 Å². The number of carbonyl (C=O) groups is 3. The molecule has 2 fully saturated rings. The van der Waals surface area contributed by atoms with Gasteiger partial charge in [0.1, 0.15) is 0 Å². The molecule has 2 aromatic carbocycles. The Labute approximate surface area is 274 Å². The summed E-state index contributed by atoms with van der Waals surface area (Å²) in [6, 6.07) is 12.8. The number of nitrogens with two attached hydrogens (primary N) is 1. The molecule has 0 radical (unpaired) electrons. The molecule has 4 aliphatic heterocycles. The smallest absolute Gasteiger partial charge is 0.398 e. The molecular weight excluding hydrogens is 598 g/mol. The average Bonchev–Trinajstić information content (AvgIpc) is 3.66. The number of hydrogen-bond donors (Lipinski definition) is 4. The molecule has 5 N–H and O–H groups in total. The van der Waals surface area contributed by atoms with Crippen molar-refractivity contribution in [3.05, 3.63) is 76.9 Å². The van der Waals surface area contributed by atoms with Crippen LogP contribution in [0.3, 0.4) is 0 Å². The number of anilines is 2. The molecule has 0 bridgehead atoms. The van der Waals surface area contributed by atoms with Gasteiger partial charge in [0.2, 0.25) is 17.7 Å². The highest BCUT2D eigenvalue weighted by Crippen LogP contribution is 2.43. The lowest BCUT2D eigenvalue weighted by Gasteiger charge is -2.29. The number of nitrogens with one attached hydrogen (secondary N) is 3. The summed E-state index contributed by atoms with van der Waals surface area (Å²) in [5.74, 6) is -0.0910. The summed E-state index contributed by atoms with van der Waals surface area (Å²) >= 11 is 0. The molecule has 2 saturated heterocycles. The summed E-state index contributed by atoms with van der Waals surface area (Å²) in [5, 5.41) is 19.0. The summed E-state index contributed by atoms with van der Waals surface area (Å²) < 4.78 is 10.3. The van der Waals surface area contributed by atoms with Crippen LogP contribution in [0.25, 0.3) is 5.57 Å². The predicted molar refractivity (Wildman–Crippen MR) is 180 cm³/mol. The van der Waals surface area contributed by atoms with Crippen molar-refractivity contribution in [1.29, 1.82) is 10.8 Å². The number of nitrogens with zero attached hydrogens (tertiary/aromatic N) is 3. The van der Waals surface area contributed by atoms with Crippen LogP contribution in [0.4, 0.5) is 16.2 Å². The van der Waals surface area contributed by atoms with Gasteiger partial charge in [-0.25, -0.2) is 4.79 Å². The summed E-state index contributed by atoms with van der Waals surface area (Å²) in [7, 11) is 1.44. The Bertz CT molecular complexity index is 1670. The number of alkyl carbamates (subject to hydrolysis) is 1. The van der Waals surface area contributed by atoms with Crippen LogP contribution in [0, 0.1) is 16.2 Å². The number of hydrogen-bond acceptors (Lipinski definition) is 9. The fraction of sp³-hybridized carbons (Fsp3) is 0.400. The second-order valence-corrected chi connectivity index (χ2v) is 12.5. The fourth-order valence-corrected chi connectivity index (χ4v) is 6.88. The number of carbonyl (C=O) groups excluding carboxylic acids is 3. The number of nitrogen functional groups attached to an aromatic ring is 1. The van der Waals surface area contributed by atoms with E-state index in [-0.39, 0.29) is 24.3 Å². The lowest BCUT2D eigenvalue weighted by atomic mass is 9.85. The Balaban J connectivity index is 1.03. The number of rotatable bonds is 7. The second-order valence-electron chi connectivity index (χ2n) is 12.5. The number of likely N-dealkylation sites (tertiary alicyclic amines) is 1. The highest BCUT2D eigenvalue weighted by molar-refractivity contribution is 6.14. The van der Waals surface area contributed by atoms with Crippen molar-refractivity contribution < 1.29 is 23.9 Å². The summed E-state index contributed by atoms with van der Waals surface area (Å²) in [6.07, 6.45) is 6.11. The van der Waals surface area contributed by atoms with Gasteiger partial charge in [-0.1, -0.05) is 24.3 Å². The molecule has 1 spiro atoms. The largest absolute Gasteiger partial charge is 0.413 e. The zero-order valence-electron chi connectivity index (χ0n) is 26.6. The molecule has 4 heterocycles. The second kappa shape index (κ2) is 13.5. The van der Waals surface area contributed by atoms with E-state index in [0.29, 0.717) is 87.7 Å². The minimum atomic E-state index is -0.686. The van der Waals surface area contributed by atoms with Crippen molar-refractivity contribution in [3.63, 3.8) is 0 Å². The van der Waals surface area contributed by atoms with E-state index in [2.05, 4.69) is 16.3 Å². The Morgan fingerprint density at radius 2 is 1.83 bits per heavy atom. The highest BCUT2D eigenvalue weighted by Gasteiger charge is 2.51. The van der Waals surface area contributed by atoms with E-state index >= 15 is 0 Å². The van der Waals surface area contributed by atoms with E-state index in [1.54, 1.807) is 18.2 Å². The standard InChI is InChI=1S/C35H41N7O5/c1-39-34(45)47-32(38)26-4-2-23(3-5-26)24-8-14-41(15-9-24)30(43)21-40-16-12-35(22-40)13-17-42(33(35)44)27-6-7-29(36)28(20-27)31(37)25-10-18-46-19-11-25/h2-8,10,20,37-38H,9,11-19,21-22,36H2,1H3,(H,39,45)/t35-/m0/s1. The SMILES string of the molecule is CNC(=O)OC(=N)c1ccc(C2=CCN(C(=O)CN3CC[C@]4(CCN(c5ccc(N)c(C(=N)C6=CCOCC6)c5)C4=O)C3)CC2)cc1. The normalized spacial score (nSPS) is 21.4. The number of ether oxygens (including phenoxy) is 2. The van der Waals surface area contributed by atoms with E-state index < -0.39 is 11.5 Å². The van der Waals surface area contributed by atoms with Gasteiger partial charge in [0, 0.05) is 55.7 Å². The van der Waals surface area contributed by atoms with Gasteiger partial charge in [-0.3, -0.25) is 25.3 Å². The molecule has 0 aliphatic carbocycles. The molecule has 12 heteroatoms. The molecule has 0 unspecified atom stereocenters. The fourth-order valence-electron chi connectivity index (χ4n) is 6.88. The molecule has 3 amide bonds. The summed E-state index contributed by atoms with van der Waals surface area (Å²) in [4.78, 5) is 44.3. The number of amides is 3. The molecule has 246 valence electrons. The van der Waals surface area contributed by atoms with Crippen molar-refractivity contribution in [1.82, 2.24) is 15.1 Å². The molecule has 1 atom stereocenters. The van der Waals surface area contributed by atoms with Gasteiger partial charge < -0.3 is 30.3 Å². The highest BCUT2D eigenvalue weighted by atomic mass is 16.6. The van der Waals surface area contributed by atoms with Crippen LogP contribution < -0.4 is 16.0 Å².